The normalized spacial score (nSPS) is 23.1. The van der Waals surface area contributed by atoms with Crippen LogP contribution in [0.1, 0.15) is 63.5 Å². The number of hydrogen-bond donors (Lipinski definition) is 2. The number of benzene rings is 1. The van der Waals surface area contributed by atoms with Crippen LogP contribution < -0.4 is 5.32 Å². The minimum atomic E-state index is -0.394. The van der Waals surface area contributed by atoms with Crippen molar-refractivity contribution in [2.45, 2.75) is 70.1 Å². The molecule has 1 aromatic carbocycles. The maximum absolute atomic E-state index is 12.5. The Balaban J connectivity index is 1.47. The highest BCUT2D eigenvalue weighted by atomic mass is 16.3. The molecule has 4 heteroatoms. The minimum absolute atomic E-state index is 0.0725. The number of aliphatic hydroxyl groups excluding tert-OH is 1. The van der Waals surface area contributed by atoms with E-state index in [0.29, 0.717) is 6.04 Å². The number of aliphatic hydroxyl groups is 1. The van der Waals surface area contributed by atoms with E-state index in [1.165, 1.54) is 19.3 Å². The van der Waals surface area contributed by atoms with Gasteiger partial charge in [-0.3, -0.25) is 9.69 Å². The van der Waals surface area contributed by atoms with E-state index in [2.05, 4.69) is 10.2 Å². The molecule has 138 valence electrons. The average Bonchev–Trinajstić information content (AvgIpc) is 2.68. The Hall–Kier alpha value is -1.39. The lowest BCUT2D eigenvalue weighted by atomic mass is 9.87. The lowest BCUT2D eigenvalue weighted by molar-refractivity contribution is -0.127. The number of carbonyl (C=O) groups is 1. The fourth-order valence-corrected chi connectivity index (χ4v) is 4.28. The number of amides is 1. The van der Waals surface area contributed by atoms with Gasteiger partial charge in [0.25, 0.3) is 0 Å². The summed E-state index contributed by atoms with van der Waals surface area (Å²) in [4.78, 5) is 14.8. The summed E-state index contributed by atoms with van der Waals surface area (Å²) in [7, 11) is 0. The van der Waals surface area contributed by atoms with Crippen molar-refractivity contribution in [2.24, 2.45) is 5.92 Å². The highest BCUT2D eigenvalue weighted by Gasteiger charge is 2.31. The van der Waals surface area contributed by atoms with Gasteiger partial charge in [-0.05, 0) is 57.2 Å². The number of hydrogen-bond acceptors (Lipinski definition) is 3. The maximum Gasteiger partial charge on any atom is 0.237 e. The lowest BCUT2D eigenvalue weighted by Crippen LogP contribution is -2.51. The zero-order valence-corrected chi connectivity index (χ0v) is 15.4. The second kappa shape index (κ2) is 8.81. The van der Waals surface area contributed by atoms with E-state index in [1.807, 2.05) is 37.3 Å². The SMILES string of the molecule is CC(C(=O)NC1CCCCC1)N1CCC(C(O)c2ccccc2)CC1. The summed E-state index contributed by atoms with van der Waals surface area (Å²) in [5.41, 5.74) is 1.00. The van der Waals surface area contributed by atoms with Crippen LogP contribution in [0.15, 0.2) is 30.3 Å². The van der Waals surface area contributed by atoms with Gasteiger partial charge >= 0.3 is 0 Å². The molecule has 2 N–H and O–H groups in total. The molecule has 2 unspecified atom stereocenters. The van der Waals surface area contributed by atoms with Crippen LogP contribution in [-0.4, -0.2) is 41.1 Å². The van der Waals surface area contributed by atoms with Crippen molar-refractivity contribution in [3.05, 3.63) is 35.9 Å². The quantitative estimate of drug-likeness (QED) is 0.862. The van der Waals surface area contributed by atoms with E-state index in [0.717, 1.165) is 44.3 Å². The topological polar surface area (TPSA) is 52.6 Å². The van der Waals surface area contributed by atoms with Gasteiger partial charge < -0.3 is 10.4 Å². The van der Waals surface area contributed by atoms with Gasteiger partial charge in [0.15, 0.2) is 0 Å². The average molecular weight is 344 g/mol. The summed E-state index contributed by atoms with van der Waals surface area (Å²) in [6, 6.07) is 10.2. The second-order valence-electron chi connectivity index (χ2n) is 7.75. The van der Waals surface area contributed by atoms with E-state index in [9.17, 15) is 9.90 Å². The Kier molecular flexibility index (Phi) is 6.49. The van der Waals surface area contributed by atoms with Crippen LogP contribution >= 0.6 is 0 Å². The van der Waals surface area contributed by atoms with E-state index in [1.54, 1.807) is 0 Å². The minimum Gasteiger partial charge on any atom is -0.388 e. The summed E-state index contributed by atoms with van der Waals surface area (Å²) >= 11 is 0. The molecule has 1 heterocycles. The van der Waals surface area contributed by atoms with Gasteiger partial charge in [0.2, 0.25) is 5.91 Å². The Bertz CT molecular complexity index is 534. The fraction of sp³-hybridized carbons (Fsp3) is 0.667. The molecule has 1 saturated heterocycles. The smallest absolute Gasteiger partial charge is 0.237 e. The predicted molar refractivity (Wildman–Crippen MR) is 100 cm³/mol. The molecule has 0 aromatic heterocycles. The van der Waals surface area contributed by atoms with Crippen molar-refractivity contribution in [1.29, 1.82) is 0 Å². The molecule has 0 radical (unpaired) electrons. The van der Waals surface area contributed by atoms with Crippen molar-refractivity contribution < 1.29 is 9.90 Å². The van der Waals surface area contributed by atoms with E-state index in [4.69, 9.17) is 0 Å². The number of nitrogens with one attached hydrogen (secondary N) is 1. The molecule has 4 nitrogen and oxygen atoms in total. The first-order chi connectivity index (χ1) is 12.1. The van der Waals surface area contributed by atoms with Crippen molar-refractivity contribution in [3.8, 4) is 0 Å². The van der Waals surface area contributed by atoms with E-state index in [-0.39, 0.29) is 17.9 Å². The maximum atomic E-state index is 12.5. The Morgan fingerprint density at radius 3 is 2.36 bits per heavy atom. The van der Waals surface area contributed by atoms with Crippen LogP contribution in [0.3, 0.4) is 0 Å². The summed E-state index contributed by atoms with van der Waals surface area (Å²) < 4.78 is 0. The number of nitrogens with zero attached hydrogens (tertiary/aromatic N) is 1. The van der Waals surface area contributed by atoms with Gasteiger partial charge in [-0.2, -0.15) is 0 Å². The highest BCUT2D eigenvalue weighted by molar-refractivity contribution is 5.81. The van der Waals surface area contributed by atoms with Crippen LogP contribution in [0.25, 0.3) is 0 Å². The van der Waals surface area contributed by atoms with Crippen molar-refractivity contribution in [3.63, 3.8) is 0 Å². The zero-order valence-electron chi connectivity index (χ0n) is 15.4. The van der Waals surface area contributed by atoms with Crippen LogP contribution in [0.4, 0.5) is 0 Å². The van der Waals surface area contributed by atoms with Gasteiger partial charge in [0, 0.05) is 6.04 Å². The third-order valence-electron chi connectivity index (χ3n) is 6.04. The molecule has 1 aliphatic heterocycles. The van der Waals surface area contributed by atoms with Gasteiger partial charge in [-0.25, -0.2) is 0 Å². The van der Waals surface area contributed by atoms with Gasteiger partial charge in [0.05, 0.1) is 12.1 Å². The third-order valence-corrected chi connectivity index (χ3v) is 6.04. The Morgan fingerprint density at radius 1 is 1.08 bits per heavy atom. The molecule has 2 fully saturated rings. The second-order valence-corrected chi connectivity index (χ2v) is 7.75. The molecule has 3 rings (SSSR count). The first-order valence-corrected chi connectivity index (χ1v) is 9.92. The molecule has 0 bridgehead atoms. The summed E-state index contributed by atoms with van der Waals surface area (Å²) in [6.07, 6.45) is 7.53. The molecule has 1 aliphatic carbocycles. The van der Waals surface area contributed by atoms with Gasteiger partial charge in [-0.1, -0.05) is 49.6 Å². The Morgan fingerprint density at radius 2 is 1.72 bits per heavy atom. The Labute approximate surface area is 151 Å². The standard InChI is InChI=1S/C21H32N2O2/c1-16(21(25)22-19-10-6-3-7-11-19)23-14-12-18(13-15-23)20(24)17-8-4-2-5-9-17/h2,4-5,8-9,16,18-20,24H,3,6-7,10-15H2,1H3,(H,22,25). The van der Waals surface area contributed by atoms with E-state index < -0.39 is 6.10 Å². The molecule has 0 spiro atoms. The molecule has 2 aliphatic rings. The third kappa shape index (κ3) is 4.83. The monoisotopic (exact) mass is 344 g/mol. The number of piperidine rings is 1. The van der Waals surface area contributed by atoms with Crippen LogP contribution in [0, 0.1) is 5.92 Å². The molecule has 25 heavy (non-hydrogen) atoms. The lowest BCUT2D eigenvalue weighted by Gasteiger charge is -2.37. The first-order valence-electron chi connectivity index (χ1n) is 9.92. The number of carbonyl (C=O) groups excluding carboxylic acids is 1. The number of likely N-dealkylation sites (tertiary alicyclic amines) is 1. The number of rotatable bonds is 5. The highest BCUT2D eigenvalue weighted by Crippen LogP contribution is 2.31. The van der Waals surface area contributed by atoms with Crippen LogP contribution in [-0.2, 0) is 4.79 Å². The summed E-state index contributed by atoms with van der Waals surface area (Å²) in [6.45, 7) is 3.79. The molecular weight excluding hydrogens is 312 g/mol. The van der Waals surface area contributed by atoms with Crippen molar-refractivity contribution in [2.75, 3.05) is 13.1 Å². The van der Waals surface area contributed by atoms with Crippen molar-refractivity contribution >= 4 is 5.91 Å². The predicted octanol–water partition coefficient (Wildman–Crippen LogP) is 3.27. The summed E-state index contributed by atoms with van der Waals surface area (Å²) in [5.74, 6) is 0.459. The van der Waals surface area contributed by atoms with Crippen LogP contribution in [0.5, 0.6) is 0 Å². The molecule has 1 aromatic rings. The summed E-state index contributed by atoms with van der Waals surface area (Å²) in [5, 5.41) is 13.8. The zero-order chi connectivity index (χ0) is 17.6. The van der Waals surface area contributed by atoms with E-state index >= 15 is 0 Å². The van der Waals surface area contributed by atoms with Gasteiger partial charge in [-0.15, -0.1) is 0 Å². The molecule has 2 atom stereocenters. The van der Waals surface area contributed by atoms with Crippen molar-refractivity contribution in [1.82, 2.24) is 10.2 Å². The van der Waals surface area contributed by atoms with Gasteiger partial charge in [0.1, 0.15) is 0 Å². The fourth-order valence-electron chi connectivity index (χ4n) is 4.28. The largest absolute Gasteiger partial charge is 0.388 e. The molecule has 1 amide bonds. The van der Waals surface area contributed by atoms with Crippen LogP contribution in [0.2, 0.25) is 0 Å². The molecular formula is C21H32N2O2. The first kappa shape index (κ1) is 18.4. The molecule has 1 saturated carbocycles.